The van der Waals surface area contributed by atoms with E-state index in [2.05, 4.69) is 11.9 Å². The van der Waals surface area contributed by atoms with Gasteiger partial charge in [0.05, 0.1) is 12.3 Å². The number of aliphatic hydroxyl groups is 1. The number of nitrogens with zero attached hydrogens (tertiary/aromatic N) is 1. The zero-order valence-corrected chi connectivity index (χ0v) is 9.41. The lowest BCUT2D eigenvalue weighted by atomic mass is 10.3. The van der Waals surface area contributed by atoms with Gasteiger partial charge >= 0.3 is 0 Å². The third-order valence-corrected chi connectivity index (χ3v) is 1.65. The Labute approximate surface area is 90.0 Å². The Kier molecular flexibility index (Phi) is 6.21. The third kappa shape index (κ3) is 5.74. The highest BCUT2D eigenvalue weighted by atomic mass is 16.5. The van der Waals surface area contributed by atoms with Crippen LogP contribution in [0.25, 0.3) is 0 Å². The summed E-state index contributed by atoms with van der Waals surface area (Å²) in [7, 11) is 4.79. The Balaban J connectivity index is 4.13. The summed E-state index contributed by atoms with van der Waals surface area (Å²) in [4.78, 5) is 12.5. The van der Waals surface area contributed by atoms with E-state index in [1.807, 2.05) is 0 Å². The average molecular weight is 214 g/mol. The van der Waals surface area contributed by atoms with E-state index < -0.39 is 0 Å². The Morgan fingerprint density at radius 2 is 2.20 bits per heavy atom. The largest absolute Gasteiger partial charge is 0.506 e. The van der Waals surface area contributed by atoms with E-state index in [9.17, 15) is 9.90 Å². The fourth-order valence-electron chi connectivity index (χ4n) is 0.728. The first-order valence-corrected chi connectivity index (χ1v) is 4.53. The standard InChI is InChI=1S/C10H18N2O3/c1-8(11-5-6-15-4)9(13)7-10(14)12(2)3/h7,11,13H,1,5-6H2,2-4H3. The molecular formula is C10H18N2O3. The minimum Gasteiger partial charge on any atom is -0.506 e. The van der Waals surface area contributed by atoms with E-state index in [1.165, 1.54) is 4.90 Å². The first-order valence-electron chi connectivity index (χ1n) is 4.53. The molecule has 0 spiro atoms. The van der Waals surface area contributed by atoms with Crippen molar-refractivity contribution in [2.45, 2.75) is 0 Å². The number of carbonyl (C=O) groups excluding carboxylic acids is 1. The molecule has 0 saturated heterocycles. The van der Waals surface area contributed by atoms with Crippen molar-refractivity contribution in [3.05, 3.63) is 24.1 Å². The fraction of sp³-hybridized carbons (Fsp3) is 0.500. The number of rotatable bonds is 6. The van der Waals surface area contributed by atoms with Crippen molar-refractivity contribution in [2.75, 3.05) is 34.4 Å². The van der Waals surface area contributed by atoms with E-state index in [0.29, 0.717) is 18.8 Å². The van der Waals surface area contributed by atoms with E-state index >= 15 is 0 Å². The molecular weight excluding hydrogens is 196 g/mol. The van der Waals surface area contributed by atoms with Gasteiger partial charge < -0.3 is 20.1 Å². The SMILES string of the molecule is C=C(NCCOC)C(O)=CC(=O)N(C)C. The molecule has 2 N–H and O–H groups in total. The summed E-state index contributed by atoms with van der Waals surface area (Å²) in [5.74, 6) is -0.452. The molecule has 0 atom stereocenters. The lowest BCUT2D eigenvalue weighted by Gasteiger charge is -2.10. The molecule has 0 aliphatic rings. The lowest BCUT2D eigenvalue weighted by Crippen LogP contribution is -2.22. The van der Waals surface area contributed by atoms with Crippen LogP contribution in [0.1, 0.15) is 0 Å². The smallest absolute Gasteiger partial charge is 0.249 e. The van der Waals surface area contributed by atoms with Crippen molar-refractivity contribution in [3.8, 4) is 0 Å². The van der Waals surface area contributed by atoms with Crippen molar-refractivity contribution < 1.29 is 14.6 Å². The van der Waals surface area contributed by atoms with Gasteiger partial charge in [-0.05, 0) is 0 Å². The van der Waals surface area contributed by atoms with Gasteiger partial charge in [-0.25, -0.2) is 0 Å². The van der Waals surface area contributed by atoms with Crippen LogP contribution in [0.5, 0.6) is 0 Å². The maximum absolute atomic E-state index is 11.2. The summed E-state index contributed by atoms with van der Waals surface area (Å²) in [6.07, 6.45) is 1.11. The third-order valence-electron chi connectivity index (χ3n) is 1.65. The number of aliphatic hydroxyl groups excluding tert-OH is 1. The van der Waals surface area contributed by atoms with E-state index in [-0.39, 0.29) is 11.7 Å². The molecule has 5 nitrogen and oxygen atoms in total. The average Bonchev–Trinajstić information content (AvgIpc) is 2.17. The molecule has 0 radical (unpaired) electrons. The van der Waals surface area contributed by atoms with Crippen molar-refractivity contribution in [3.63, 3.8) is 0 Å². The van der Waals surface area contributed by atoms with Gasteiger partial charge in [0.15, 0.2) is 0 Å². The number of carbonyl (C=O) groups is 1. The minimum absolute atomic E-state index is 0.162. The van der Waals surface area contributed by atoms with E-state index in [0.717, 1.165) is 6.08 Å². The summed E-state index contributed by atoms with van der Waals surface area (Å²) >= 11 is 0. The highest BCUT2D eigenvalue weighted by Crippen LogP contribution is 2.00. The topological polar surface area (TPSA) is 61.8 Å². The number of likely N-dealkylation sites (N-methyl/N-ethyl adjacent to an activating group) is 1. The van der Waals surface area contributed by atoms with Gasteiger partial charge in [-0.3, -0.25) is 4.79 Å². The first-order chi connectivity index (χ1) is 6.99. The van der Waals surface area contributed by atoms with Gasteiger partial charge in [0.2, 0.25) is 5.91 Å². The predicted octanol–water partition coefficient (Wildman–Crippen LogP) is 0.266. The fourth-order valence-corrected chi connectivity index (χ4v) is 0.728. The van der Waals surface area contributed by atoms with Gasteiger partial charge in [-0.1, -0.05) is 6.58 Å². The molecule has 1 amide bonds. The van der Waals surface area contributed by atoms with E-state index in [4.69, 9.17) is 4.74 Å². The molecule has 0 aliphatic carbocycles. The van der Waals surface area contributed by atoms with Crippen LogP contribution in [0.4, 0.5) is 0 Å². The van der Waals surface area contributed by atoms with Crippen LogP contribution in [0.3, 0.4) is 0 Å². The summed E-state index contributed by atoms with van der Waals surface area (Å²) < 4.78 is 4.81. The Hall–Kier alpha value is -1.49. The summed E-state index contributed by atoms with van der Waals surface area (Å²) in [6.45, 7) is 4.62. The van der Waals surface area contributed by atoms with Crippen LogP contribution >= 0.6 is 0 Å². The van der Waals surface area contributed by atoms with Crippen LogP contribution in [-0.2, 0) is 9.53 Å². The maximum atomic E-state index is 11.2. The maximum Gasteiger partial charge on any atom is 0.249 e. The molecule has 0 unspecified atom stereocenters. The second-order valence-corrected chi connectivity index (χ2v) is 3.16. The van der Waals surface area contributed by atoms with Crippen LogP contribution in [0.2, 0.25) is 0 Å². The Bertz CT molecular complexity index is 259. The number of amides is 1. The number of ether oxygens (including phenoxy) is 1. The second kappa shape index (κ2) is 6.89. The highest BCUT2D eigenvalue weighted by molar-refractivity contribution is 5.88. The van der Waals surface area contributed by atoms with Crippen LogP contribution in [0.15, 0.2) is 24.1 Å². The Morgan fingerprint density at radius 3 is 2.67 bits per heavy atom. The van der Waals surface area contributed by atoms with Gasteiger partial charge in [-0.15, -0.1) is 0 Å². The van der Waals surface area contributed by atoms with Gasteiger partial charge in [0.1, 0.15) is 5.76 Å². The van der Waals surface area contributed by atoms with Gasteiger partial charge in [0, 0.05) is 33.8 Å². The molecule has 0 heterocycles. The molecule has 0 fully saturated rings. The number of nitrogens with one attached hydrogen (secondary N) is 1. The van der Waals surface area contributed by atoms with Gasteiger partial charge in [-0.2, -0.15) is 0 Å². The number of hydrogen-bond acceptors (Lipinski definition) is 4. The quantitative estimate of drug-likeness (QED) is 0.288. The molecule has 0 bridgehead atoms. The first kappa shape index (κ1) is 13.5. The monoisotopic (exact) mass is 214 g/mol. The molecule has 0 rings (SSSR count). The van der Waals surface area contributed by atoms with Gasteiger partial charge in [0.25, 0.3) is 0 Å². The van der Waals surface area contributed by atoms with Crippen LogP contribution < -0.4 is 5.32 Å². The molecule has 5 heteroatoms. The molecule has 0 aromatic carbocycles. The van der Waals surface area contributed by atoms with E-state index in [1.54, 1.807) is 21.2 Å². The normalized spacial score (nSPS) is 11.0. The molecule has 0 saturated carbocycles. The van der Waals surface area contributed by atoms with Crippen molar-refractivity contribution in [1.29, 1.82) is 0 Å². The summed E-state index contributed by atoms with van der Waals surface area (Å²) in [5.41, 5.74) is 0.308. The summed E-state index contributed by atoms with van der Waals surface area (Å²) in [6, 6.07) is 0. The molecule has 0 aromatic rings. The molecule has 15 heavy (non-hydrogen) atoms. The van der Waals surface area contributed by atoms with Crippen LogP contribution in [0, 0.1) is 0 Å². The van der Waals surface area contributed by atoms with Crippen LogP contribution in [-0.4, -0.2) is 50.3 Å². The molecule has 86 valence electrons. The Morgan fingerprint density at radius 1 is 1.60 bits per heavy atom. The highest BCUT2D eigenvalue weighted by Gasteiger charge is 2.04. The summed E-state index contributed by atoms with van der Waals surface area (Å²) in [5, 5.41) is 12.3. The van der Waals surface area contributed by atoms with Crippen molar-refractivity contribution in [2.24, 2.45) is 0 Å². The molecule has 0 aromatic heterocycles. The second-order valence-electron chi connectivity index (χ2n) is 3.16. The van der Waals surface area contributed by atoms with Crippen molar-refractivity contribution >= 4 is 5.91 Å². The number of methoxy groups -OCH3 is 1. The number of hydrogen-bond donors (Lipinski definition) is 2. The zero-order valence-electron chi connectivity index (χ0n) is 9.41. The minimum atomic E-state index is -0.290. The lowest BCUT2D eigenvalue weighted by molar-refractivity contribution is -0.123. The predicted molar refractivity (Wildman–Crippen MR) is 58.4 cm³/mol. The van der Waals surface area contributed by atoms with Crippen molar-refractivity contribution in [1.82, 2.24) is 10.2 Å². The zero-order chi connectivity index (χ0) is 11.8. The molecule has 0 aliphatic heterocycles.